The number of aromatic nitrogens is 2. The van der Waals surface area contributed by atoms with Crippen molar-refractivity contribution in [1.82, 2.24) is 14.9 Å². The van der Waals surface area contributed by atoms with E-state index in [0.717, 1.165) is 37.3 Å². The molecule has 1 saturated heterocycles. The molecule has 0 unspecified atom stereocenters. The van der Waals surface area contributed by atoms with Crippen LogP contribution in [0.2, 0.25) is 0 Å². The second-order valence-corrected chi connectivity index (χ2v) is 6.84. The minimum Gasteiger partial charge on any atom is -0.376 e. The molecule has 0 spiro atoms. The quantitative estimate of drug-likeness (QED) is 0.749. The van der Waals surface area contributed by atoms with E-state index in [1.165, 1.54) is 10.9 Å². The second kappa shape index (κ2) is 7.50. The van der Waals surface area contributed by atoms with Gasteiger partial charge in [-0.05, 0) is 60.7 Å². The molecule has 136 valence electrons. The molecule has 27 heavy (non-hydrogen) atoms. The number of pyridine rings is 1. The summed E-state index contributed by atoms with van der Waals surface area (Å²) in [7, 11) is 0. The Morgan fingerprint density at radius 3 is 2.78 bits per heavy atom. The molecule has 0 bridgehead atoms. The van der Waals surface area contributed by atoms with E-state index in [2.05, 4.69) is 33.6 Å². The molecule has 6 nitrogen and oxygen atoms in total. The van der Waals surface area contributed by atoms with Crippen LogP contribution >= 0.6 is 0 Å². The lowest BCUT2D eigenvalue weighted by atomic mass is 9.89. The van der Waals surface area contributed by atoms with Gasteiger partial charge >= 0.3 is 0 Å². The summed E-state index contributed by atoms with van der Waals surface area (Å²) in [5.74, 6) is 0.567. The average Bonchev–Trinajstić information content (AvgIpc) is 3.16. The van der Waals surface area contributed by atoms with Crippen LogP contribution in [-0.4, -0.2) is 40.4 Å². The molecule has 3 heterocycles. The summed E-state index contributed by atoms with van der Waals surface area (Å²) in [5.41, 5.74) is 3.70. The number of carbonyl (C=O) groups excluding carboxylic acids is 1. The minimum atomic E-state index is 0.110. The first kappa shape index (κ1) is 17.1. The van der Waals surface area contributed by atoms with Gasteiger partial charge in [-0.2, -0.15) is 5.26 Å². The predicted octanol–water partition coefficient (Wildman–Crippen LogP) is 3.25. The highest BCUT2D eigenvalue weighted by Gasteiger charge is 2.25. The Kier molecular flexibility index (Phi) is 4.75. The lowest BCUT2D eigenvalue weighted by molar-refractivity contribution is -0.130. The Hall–Kier alpha value is -3.33. The largest absolute Gasteiger partial charge is 0.376 e. The topological polar surface area (TPSA) is 84.8 Å². The number of likely N-dealkylation sites (tertiary alicyclic amines) is 1. The van der Waals surface area contributed by atoms with Crippen LogP contribution in [-0.2, 0) is 4.79 Å². The number of amides is 1. The maximum absolute atomic E-state index is 12.5. The molecular formula is C21H21N5O. The second-order valence-electron chi connectivity index (χ2n) is 6.84. The van der Waals surface area contributed by atoms with E-state index >= 15 is 0 Å². The monoisotopic (exact) mass is 359 g/mol. The van der Waals surface area contributed by atoms with Gasteiger partial charge in [0.1, 0.15) is 5.65 Å². The standard InChI is InChI=1S/C21H21N5O/c22-12-15-3-5-17(6-4-15)24-14-20(27)26-10-7-16(8-11-26)19-13-25-21-18(19)2-1-9-23-21/h1-6,9,13,16,24H,7-8,10-11,14H2,(H,23,25). The number of aromatic amines is 1. The first-order valence-electron chi connectivity index (χ1n) is 9.18. The predicted molar refractivity (Wildman–Crippen MR) is 104 cm³/mol. The SMILES string of the molecule is N#Cc1ccc(NCC(=O)N2CCC(c3c[nH]c4ncccc34)CC2)cc1. The maximum atomic E-state index is 12.5. The summed E-state index contributed by atoms with van der Waals surface area (Å²) in [4.78, 5) is 22.0. The number of nitrogens with zero attached hydrogens (tertiary/aromatic N) is 3. The molecule has 3 aromatic rings. The molecule has 2 aromatic heterocycles. The van der Waals surface area contributed by atoms with Crippen molar-refractivity contribution in [3.05, 3.63) is 59.9 Å². The number of benzene rings is 1. The van der Waals surface area contributed by atoms with Gasteiger partial charge in [0.05, 0.1) is 18.2 Å². The van der Waals surface area contributed by atoms with Crippen molar-refractivity contribution in [2.24, 2.45) is 0 Å². The molecule has 1 amide bonds. The van der Waals surface area contributed by atoms with Crippen molar-refractivity contribution >= 4 is 22.6 Å². The number of piperidine rings is 1. The van der Waals surface area contributed by atoms with E-state index < -0.39 is 0 Å². The fraction of sp³-hybridized carbons (Fsp3) is 0.286. The number of anilines is 1. The number of fused-ring (bicyclic) bond motifs is 1. The van der Waals surface area contributed by atoms with Crippen LogP contribution in [0.3, 0.4) is 0 Å². The van der Waals surface area contributed by atoms with Crippen LogP contribution in [0.5, 0.6) is 0 Å². The Morgan fingerprint density at radius 2 is 2.04 bits per heavy atom. The first-order valence-corrected chi connectivity index (χ1v) is 9.18. The van der Waals surface area contributed by atoms with Crippen molar-refractivity contribution in [3.63, 3.8) is 0 Å². The Balaban J connectivity index is 1.32. The zero-order valence-electron chi connectivity index (χ0n) is 15.0. The van der Waals surface area contributed by atoms with Gasteiger partial charge in [-0.15, -0.1) is 0 Å². The zero-order chi connectivity index (χ0) is 18.6. The molecule has 4 rings (SSSR count). The molecule has 2 N–H and O–H groups in total. The molecule has 1 aliphatic heterocycles. The van der Waals surface area contributed by atoms with Crippen molar-refractivity contribution in [1.29, 1.82) is 5.26 Å². The number of hydrogen-bond acceptors (Lipinski definition) is 4. The highest BCUT2D eigenvalue weighted by atomic mass is 16.2. The molecule has 0 radical (unpaired) electrons. The summed E-state index contributed by atoms with van der Waals surface area (Å²) in [6.45, 7) is 1.81. The molecule has 1 fully saturated rings. The average molecular weight is 359 g/mol. The maximum Gasteiger partial charge on any atom is 0.241 e. The fourth-order valence-electron chi connectivity index (χ4n) is 3.71. The highest BCUT2D eigenvalue weighted by Crippen LogP contribution is 2.32. The van der Waals surface area contributed by atoms with E-state index in [1.54, 1.807) is 18.3 Å². The van der Waals surface area contributed by atoms with Crippen molar-refractivity contribution < 1.29 is 4.79 Å². The van der Waals surface area contributed by atoms with Crippen molar-refractivity contribution in [2.75, 3.05) is 25.0 Å². The summed E-state index contributed by atoms with van der Waals surface area (Å²) >= 11 is 0. The summed E-state index contributed by atoms with van der Waals surface area (Å²) in [5, 5.41) is 13.2. The number of nitrogens with one attached hydrogen (secondary N) is 2. The van der Waals surface area contributed by atoms with Gasteiger partial charge in [0.2, 0.25) is 5.91 Å². The molecule has 1 aliphatic rings. The smallest absolute Gasteiger partial charge is 0.241 e. The third-order valence-electron chi connectivity index (χ3n) is 5.23. The summed E-state index contributed by atoms with van der Waals surface area (Å²) in [6.07, 6.45) is 5.78. The van der Waals surface area contributed by atoms with Crippen molar-refractivity contribution in [3.8, 4) is 6.07 Å². The third-order valence-corrected chi connectivity index (χ3v) is 5.23. The van der Waals surface area contributed by atoms with E-state index in [9.17, 15) is 4.79 Å². The highest BCUT2D eigenvalue weighted by molar-refractivity contribution is 5.82. The van der Waals surface area contributed by atoms with Crippen LogP contribution in [0.1, 0.15) is 29.9 Å². The number of H-pyrrole nitrogens is 1. The van der Waals surface area contributed by atoms with Gasteiger partial charge in [0, 0.05) is 36.6 Å². The minimum absolute atomic E-state index is 0.110. The molecule has 1 aromatic carbocycles. The molecule has 0 aliphatic carbocycles. The zero-order valence-corrected chi connectivity index (χ0v) is 15.0. The number of nitriles is 1. The van der Waals surface area contributed by atoms with E-state index in [0.29, 0.717) is 11.5 Å². The van der Waals surface area contributed by atoms with Crippen LogP contribution in [0, 0.1) is 11.3 Å². The summed E-state index contributed by atoms with van der Waals surface area (Å²) < 4.78 is 0. The van der Waals surface area contributed by atoms with E-state index in [1.807, 2.05) is 23.1 Å². The van der Waals surface area contributed by atoms with Crippen LogP contribution in [0.15, 0.2) is 48.8 Å². The van der Waals surface area contributed by atoms with Crippen LogP contribution < -0.4 is 5.32 Å². The lowest BCUT2D eigenvalue weighted by Gasteiger charge is -2.32. The number of carbonyl (C=O) groups is 1. The van der Waals surface area contributed by atoms with Gasteiger partial charge in [0.25, 0.3) is 0 Å². The Morgan fingerprint density at radius 1 is 1.26 bits per heavy atom. The first-order chi connectivity index (χ1) is 13.2. The van der Waals surface area contributed by atoms with Crippen LogP contribution in [0.4, 0.5) is 5.69 Å². The number of rotatable bonds is 4. The van der Waals surface area contributed by atoms with E-state index in [-0.39, 0.29) is 12.5 Å². The molecule has 0 atom stereocenters. The molecule has 6 heteroatoms. The number of hydrogen-bond donors (Lipinski definition) is 2. The van der Waals surface area contributed by atoms with E-state index in [4.69, 9.17) is 5.26 Å². The van der Waals surface area contributed by atoms with Gasteiger partial charge < -0.3 is 15.2 Å². The Labute approximate surface area is 157 Å². The molecular weight excluding hydrogens is 338 g/mol. The van der Waals surface area contributed by atoms with Gasteiger partial charge in [-0.25, -0.2) is 4.98 Å². The van der Waals surface area contributed by atoms with Gasteiger partial charge in [-0.3, -0.25) is 4.79 Å². The van der Waals surface area contributed by atoms with Crippen LogP contribution in [0.25, 0.3) is 11.0 Å². The third kappa shape index (κ3) is 3.63. The Bertz CT molecular complexity index is 978. The summed E-state index contributed by atoms with van der Waals surface area (Å²) in [6, 6.07) is 13.3. The fourth-order valence-corrected chi connectivity index (χ4v) is 3.71. The van der Waals surface area contributed by atoms with Gasteiger partial charge in [-0.1, -0.05) is 0 Å². The lowest BCUT2D eigenvalue weighted by Crippen LogP contribution is -2.40. The molecule has 0 saturated carbocycles. The van der Waals surface area contributed by atoms with Crippen molar-refractivity contribution in [2.45, 2.75) is 18.8 Å². The van der Waals surface area contributed by atoms with Gasteiger partial charge in [0.15, 0.2) is 0 Å². The normalized spacial score (nSPS) is 14.9.